The summed E-state index contributed by atoms with van der Waals surface area (Å²) in [5, 5.41) is 2.78. The summed E-state index contributed by atoms with van der Waals surface area (Å²) in [6.07, 6.45) is -1.04. The van der Waals surface area contributed by atoms with Gasteiger partial charge in [-0.05, 0) is 49.8 Å². The minimum absolute atomic E-state index is 0.0381. The second kappa shape index (κ2) is 9.05. The molecule has 3 rings (SSSR count). The molecule has 2 heterocycles. The number of hydrogen-bond acceptors (Lipinski definition) is 3. The summed E-state index contributed by atoms with van der Waals surface area (Å²) in [6, 6.07) is 4.82. The minimum atomic E-state index is -4.41. The number of amides is 2. The van der Waals surface area contributed by atoms with Crippen molar-refractivity contribution in [2.45, 2.75) is 38.8 Å². The normalized spacial score (nSPS) is 19.3. The molecule has 0 aromatic heterocycles. The zero-order chi connectivity index (χ0) is 21.0. The number of nitrogens with one attached hydrogen (secondary N) is 1. The molecule has 1 aromatic carbocycles. The molecule has 2 amide bonds. The highest BCUT2D eigenvalue weighted by atomic mass is 19.4. The smallest absolute Gasteiger partial charge is 0.376 e. The molecule has 2 aliphatic heterocycles. The van der Waals surface area contributed by atoms with E-state index in [2.05, 4.69) is 12.2 Å². The average Bonchev–Trinajstić information content (AvgIpc) is 2.72. The molecule has 1 N–H and O–H groups in total. The fourth-order valence-electron chi connectivity index (χ4n) is 3.96. The zero-order valence-electron chi connectivity index (χ0n) is 16.7. The van der Waals surface area contributed by atoms with Gasteiger partial charge in [-0.1, -0.05) is 13.0 Å². The van der Waals surface area contributed by atoms with Gasteiger partial charge in [0.15, 0.2) is 0 Å². The molecular weight excluding hydrogens is 383 g/mol. The second-order valence-corrected chi connectivity index (χ2v) is 8.09. The molecule has 0 aliphatic carbocycles. The first-order valence-corrected chi connectivity index (χ1v) is 10.2. The molecule has 2 saturated heterocycles. The van der Waals surface area contributed by atoms with Crippen molar-refractivity contribution in [1.82, 2.24) is 9.80 Å². The van der Waals surface area contributed by atoms with Crippen LogP contribution in [0.25, 0.3) is 0 Å². The summed E-state index contributed by atoms with van der Waals surface area (Å²) in [5.41, 5.74) is -0.487. The van der Waals surface area contributed by atoms with E-state index >= 15 is 0 Å². The summed E-state index contributed by atoms with van der Waals surface area (Å²) in [5.74, 6) is 0.665. The third-order valence-corrected chi connectivity index (χ3v) is 5.93. The van der Waals surface area contributed by atoms with Crippen LogP contribution in [0.5, 0.6) is 0 Å². The Hall–Kier alpha value is -2.25. The summed E-state index contributed by atoms with van der Waals surface area (Å²) in [6.45, 7) is 4.79. The van der Waals surface area contributed by atoms with Crippen molar-refractivity contribution in [2.24, 2.45) is 11.8 Å². The molecule has 29 heavy (non-hydrogen) atoms. The molecule has 0 atom stereocenters. The topological polar surface area (TPSA) is 52.7 Å². The van der Waals surface area contributed by atoms with Crippen molar-refractivity contribution in [1.29, 1.82) is 0 Å². The van der Waals surface area contributed by atoms with Gasteiger partial charge in [0.2, 0.25) is 11.8 Å². The lowest BCUT2D eigenvalue weighted by molar-refractivity contribution is -0.141. The highest BCUT2D eigenvalue weighted by Crippen LogP contribution is 2.30. The highest BCUT2D eigenvalue weighted by Gasteiger charge is 2.32. The lowest BCUT2D eigenvalue weighted by Gasteiger charge is -2.36. The quantitative estimate of drug-likeness (QED) is 0.824. The fourth-order valence-corrected chi connectivity index (χ4v) is 3.96. The standard InChI is InChI=1S/C21H28F3N3O2/c1-15-5-9-27(10-6-15)20(29)16-7-11-26(12-8-16)19(28)14-25-18-4-2-3-17(13-18)21(22,23)24/h2-4,13,15-16,25H,5-12,14H2,1H3. The van der Waals surface area contributed by atoms with E-state index in [-0.39, 0.29) is 30.0 Å². The first-order chi connectivity index (χ1) is 13.7. The summed E-state index contributed by atoms with van der Waals surface area (Å²) in [4.78, 5) is 28.7. The number of nitrogens with zero attached hydrogens (tertiary/aromatic N) is 2. The maximum absolute atomic E-state index is 12.8. The number of alkyl halides is 3. The van der Waals surface area contributed by atoms with Crippen LogP contribution in [0.2, 0.25) is 0 Å². The SMILES string of the molecule is CC1CCN(C(=O)C2CCN(C(=O)CNc3cccc(C(F)(F)F)c3)CC2)CC1. The molecule has 8 heteroatoms. The van der Waals surface area contributed by atoms with E-state index in [0.717, 1.165) is 38.1 Å². The first-order valence-electron chi connectivity index (χ1n) is 10.2. The number of benzene rings is 1. The van der Waals surface area contributed by atoms with Crippen molar-refractivity contribution in [3.8, 4) is 0 Å². The van der Waals surface area contributed by atoms with Gasteiger partial charge < -0.3 is 15.1 Å². The minimum Gasteiger partial charge on any atom is -0.376 e. The van der Waals surface area contributed by atoms with Crippen LogP contribution < -0.4 is 5.32 Å². The van der Waals surface area contributed by atoms with Gasteiger partial charge in [-0.3, -0.25) is 9.59 Å². The Morgan fingerprint density at radius 2 is 1.66 bits per heavy atom. The van der Waals surface area contributed by atoms with Crippen LogP contribution >= 0.6 is 0 Å². The predicted octanol–water partition coefficient (Wildman–Crippen LogP) is 3.61. The molecule has 2 aliphatic rings. The van der Waals surface area contributed by atoms with Crippen LogP contribution in [0.4, 0.5) is 18.9 Å². The molecule has 0 bridgehead atoms. The van der Waals surface area contributed by atoms with Crippen molar-refractivity contribution < 1.29 is 22.8 Å². The first kappa shape index (κ1) is 21.5. The summed E-state index contributed by atoms with van der Waals surface area (Å²) >= 11 is 0. The largest absolute Gasteiger partial charge is 0.416 e. The van der Waals surface area contributed by atoms with Crippen LogP contribution in [0, 0.1) is 11.8 Å². The average molecular weight is 411 g/mol. The lowest BCUT2D eigenvalue weighted by Crippen LogP contribution is -2.47. The maximum Gasteiger partial charge on any atom is 0.416 e. The van der Waals surface area contributed by atoms with Crippen LogP contribution in [0.15, 0.2) is 24.3 Å². The highest BCUT2D eigenvalue weighted by molar-refractivity contribution is 5.82. The molecule has 0 unspecified atom stereocenters. The number of anilines is 1. The molecule has 160 valence electrons. The number of piperidine rings is 2. The van der Waals surface area contributed by atoms with E-state index in [1.54, 1.807) is 4.90 Å². The van der Waals surface area contributed by atoms with Gasteiger partial charge in [-0.25, -0.2) is 0 Å². The number of rotatable bonds is 4. The molecular formula is C21H28F3N3O2. The Bertz CT molecular complexity index is 722. The Balaban J connectivity index is 1.45. The fraction of sp³-hybridized carbons (Fsp3) is 0.619. The number of carbonyl (C=O) groups excluding carboxylic acids is 2. The van der Waals surface area contributed by atoms with Gasteiger partial charge in [0.05, 0.1) is 12.1 Å². The van der Waals surface area contributed by atoms with E-state index in [9.17, 15) is 22.8 Å². The van der Waals surface area contributed by atoms with E-state index in [4.69, 9.17) is 0 Å². The Morgan fingerprint density at radius 1 is 1.03 bits per heavy atom. The van der Waals surface area contributed by atoms with Crippen LogP contribution in [0.3, 0.4) is 0 Å². The van der Waals surface area contributed by atoms with Crippen molar-refractivity contribution in [3.05, 3.63) is 29.8 Å². The molecule has 2 fully saturated rings. The van der Waals surface area contributed by atoms with Gasteiger partial charge >= 0.3 is 6.18 Å². The van der Waals surface area contributed by atoms with Gasteiger partial charge in [-0.15, -0.1) is 0 Å². The van der Waals surface area contributed by atoms with Crippen LogP contribution in [-0.2, 0) is 15.8 Å². The third kappa shape index (κ3) is 5.64. The van der Waals surface area contributed by atoms with Crippen molar-refractivity contribution in [3.63, 3.8) is 0 Å². The van der Waals surface area contributed by atoms with E-state index in [0.29, 0.717) is 31.8 Å². The van der Waals surface area contributed by atoms with Crippen molar-refractivity contribution in [2.75, 3.05) is 38.0 Å². The summed E-state index contributed by atoms with van der Waals surface area (Å²) in [7, 11) is 0. The molecule has 1 aromatic rings. The lowest BCUT2D eigenvalue weighted by atomic mass is 9.92. The van der Waals surface area contributed by atoms with E-state index in [1.165, 1.54) is 12.1 Å². The second-order valence-electron chi connectivity index (χ2n) is 8.09. The summed E-state index contributed by atoms with van der Waals surface area (Å²) < 4.78 is 38.3. The monoisotopic (exact) mass is 411 g/mol. The number of hydrogen-bond donors (Lipinski definition) is 1. The van der Waals surface area contributed by atoms with Gasteiger partial charge in [0.25, 0.3) is 0 Å². The predicted molar refractivity (Wildman–Crippen MR) is 104 cm³/mol. The molecule has 0 radical (unpaired) electrons. The zero-order valence-corrected chi connectivity index (χ0v) is 16.7. The Morgan fingerprint density at radius 3 is 2.28 bits per heavy atom. The number of likely N-dealkylation sites (tertiary alicyclic amines) is 2. The number of carbonyl (C=O) groups is 2. The van der Waals surface area contributed by atoms with Gasteiger partial charge in [0.1, 0.15) is 0 Å². The molecule has 0 spiro atoms. The Labute approximate surface area is 169 Å². The van der Waals surface area contributed by atoms with Gasteiger partial charge in [-0.2, -0.15) is 13.2 Å². The molecule has 5 nitrogen and oxygen atoms in total. The van der Waals surface area contributed by atoms with E-state index in [1.807, 2.05) is 4.90 Å². The van der Waals surface area contributed by atoms with Crippen molar-refractivity contribution >= 4 is 17.5 Å². The maximum atomic E-state index is 12.8. The van der Waals surface area contributed by atoms with Crippen LogP contribution in [-0.4, -0.2) is 54.3 Å². The number of halogens is 3. The van der Waals surface area contributed by atoms with E-state index < -0.39 is 11.7 Å². The Kier molecular flexibility index (Phi) is 6.70. The van der Waals surface area contributed by atoms with Crippen LogP contribution in [0.1, 0.15) is 38.2 Å². The van der Waals surface area contributed by atoms with Gasteiger partial charge in [0, 0.05) is 37.8 Å². The third-order valence-electron chi connectivity index (χ3n) is 5.93. The molecule has 0 saturated carbocycles.